The quantitative estimate of drug-likeness (QED) is 0.786. The largest absolute Gasteiger partial charge is 0.336 e. The number of alkyl halides is 1. The van der Waals surface area contributed by atoms with Crippen LogP contribution in [0.1, 0.15) is 20.3 Å². The summed E-state index contributed by atoms with van der Waals surface area (Å²) in [4.78, 5) is 3.83. The van der Waals surface area contributed by atoms with E-state index < -0.39 is 10.0 Å². The van der Waals surface area contributed by atoms with Crippen LogP contribution in [-0.4, -0.2) is 29.9 Å². The zero-order chi connectivity index (χ0) is 12.2. The maximum atomic E-state index is 11.7. The monoisotopic (exact) mass is 265 g/mol. The van der Waals surface area contributed by atoms with Crippen molar-refractivity contribution in [3.8, 4) is 0 Å². The van der Waals surface area contributed by atoms with Crippen LogP contribution in [0.3, 0.4) is 0 Å². The summed E-state index contributed by atoms with van der Waals surface area (Å²) in [6.07, 6.45) is 3.71. The van der Waals surface area contributed by atoms with Crippen LogP contribution in [0.5, 0.6) is 0 Å². The number of imidazole rings is 1. The molecule has 0 spiro atoms. The summed E-state index contributed by atoms with van der Waals surface area (Å²) in [6, 6.07) is 0. The van der Waals surface area contributed by atoms with Gasteiger partial charge >= 0.3 is 0 Å². The molecule has 7 heteroatoms. The van der Waals surface area contributed by atoms with Gasteiger partial charge in [0.25, 0.3) is 10.0 Å². The smallest absolute Gasteiger partial charge is 0.259 e. The fraction of sp³-hybridized carbons (Fsp3) is 0.667. The molecule has 0 amide bonds. The van der Waals surface area contributed by atoms with E-state index in [1.165, 1.54) is 12.5 Å². The molecule has 0 radical (unpaired) electrons. The Morgan fingerprint density at radius 1 is 1.56 bits per heavy atom. The second-order valence-corrected chi connectivity index (χ2v) is 5.73. The second-order valence-electron chi connectivity index (χ2n) is 3.40. The second kappa shape index (κ2) is 5.65. The Balaban J connectivity index is 2.70. The highest BCUT2D eigenvalue weighted by atomic mass is 35.5. The van der Waals surface area contributed by atoms with Crippen molar-refractivity contribution in [1.82, 2.24) is 14.3 Å². The number of rotatable bonds is 6. The molecule has 0 saturated heterocycles. The Morgan fingerprint density at radius 3 is 2.75 bits per heavy atom. The topological polar surface area (TPSA) is 64.0 Å². The highest BCUT2D eigenvalue weighted by Gasteiger charge is 2.17. The van der Waals surface area contributed by atoms with Crippen LogP contribution in [-0.2, 0) is 16.6 Å². The van der Waals surface area contributed by atoms with Crippen molar-refractivity contribution in [3.05, 3.63) is 12.5 Å². The number of aromatic nitrogens is 2. The molecule has 0 aliphatic rings. The average Bonchev–Trinajstić information content (AvgIpc) is 2.75. The van der Waals surface area contributed by atoms with Crippen LogP contribution >= 0.6 is 11.6 Å². The Hall–Kier alpha value is -0.590. The SMILES string of the molecule is CCC(Cl)CNS(=O)(=O)c1cn(CC)cn1. The minimum Gasteiger partial charge on any atom is -0.336 e. The van der Waals surface area contributed by atoms with Gasteiger partial charge in [-0.25, -0.2) is 18.1 Å². The standard InChI is InChI=1S/C9H16ClN3O2S/c1-3-8(10)5-12-16(14,15)9-6-13(4-2)7-11-9/h6-8,12H,3-5H2,1-2H3. The van der Waals surface area contributed by atoms with Gasteiger partial charge in [-0.05, 0) is 13.3 Å². The van der Waals surface area contributed by atoms with Gasteiger partial charge in [0.2, 0.25) is 0 Å². The van der Waals surface area contributed by atoms with Crippen LogP contribution in [0.2, 0.25) is 0 Å². The zero-order valence-electron chi connectivity index (χ0n) is 9.35. The van der Waals surface area contributed by atoms with Gasteiger partial charge in [0.15, 0.2) is 5.03 Å². The summed E-state index contributed by atoms with van der Waals surface area (Å²) < 4.78 is 27.6. The van der Waals surface area contributed by atoms with Crippen molar-refractivity contribution in [1.29, 1.82) is 0 Å². The van der Waals surface area contributed by atoms with Crippen molar-refractivity contribution < 1.29 is 8.42 Å². The summed E-state index contributed by atoms with van der Waals surface area (Å²) in [5.41, 5.74) is 0. The van der Waals surface area contributed by atoms with E-state index in [4.69, 9.17) is 11.6 Å². The molecule has 1 rings (SSSR count). The van der Waals surface area contributed by atoms with Gasteiger partial charge in [0, 0.05) is 24.7 Å². The lowest BCUT2D eigenvalue weighted by atomic mass is 10.3. The molecule has 0 fully saturated rings. The van der Waals surface area contributed by atoms with E-state index in [0.717, 1.165) is 0 Å². The Kier molecular flexibility index (Phi) is 4.76. The van der Waals surface area contributed by atoms with Crippen molar-refractivity contribution in [3.63, 3.8) is 0 Å². The predicted molar refractivity (Wildman–Crippen MR) is 63.0 cm³/mol. The van der Waals surface area contributed by atoms with E-state index in [-0.39, 0.29) is 16.9 Å². The van der Waals surface area contributed by atoms with E-state index in [0.29, 0.717) is 13.0 Å². The maximum absolute atomic E-state index is 11.7. The van der Waals surface area contributed by atoms with E-state index in [1.54, 1.807) is 4.57 Å². The van der Waals surface area contributed by atoms with E-state index in [2.05, 4.69) is 9.71 Å². The van der Waals surface area contributed by atoms with Crippen LogP contribution in [0, 0.1) is 0 Å². The Morgan fingerprint density at radius 2 is 2.25 bits per heavy atom. The Labute approximate surface area is 101 Å². The summed E-state index contributed by atoms with van der Waals surface area (Å²) in [5, 5.41) is -0.155. The number of aryl methyl sites for hydroxylation is 1. The normalized spacial score (nSPS) is 13.9. The predicted octanol–water partition coefficient (Wildman–Crippen LogP) is 1.20. The summed E-state index contributed by atoms with van der Waals surface area (Å²) >= 11 is 5.84. The molecular weight excluding hydrogens is 250 g/mol. The first-order chi connectivity index (χ1) is 7.49. The number of nitrogens with zero attached hydrogens (tertiary/aromatic N) is 2. The molecule has 92 valence electrons. The summed E-state index contributed by atoms with van der Waals surface area (Å²) in [6.45, 7) is 4.73. The lowest BCUT2D eigenvalue weighted by Crippen LogP contribution is -2.29. The molecule has 5 nitrogen and oxygen atoms in total. The molecule has 0 saturated carbocycles. The van der Waals surface area contributed by atoms with Gasteiger partial charge in [0.05, 0.1) is 6.33 Å². The van der Waals surface area contributed by atoms with E-state index >= 15 is 0 Å². The van der Waals surface area contributed by atoms with Gasteiger partial charge in [-0.2, -0.15) is 0 Å². The molecule has 0 aliphatic carbocycles. The van der Waals surface area contributed by atoms with Gasteiger partial charge in [-0.1, -0.05) is 6.92 Å². The molecule has 1 N–H and O–H groups in total. The zero-order valence-corrected chi connectivity index (χ0v) is 10.9. The average molecular weight is 266 g/mol. The number of hydrogen-bond donors (Lipinski definition) is 1. The van der Waals surface area contributed by atoms with Gasteiger partial charge in [-0.15, -0.1) is 11.6 Å². The lowest BCUT2D eigenvalue weighted by molar-refractivity contribution is 0.575. The van der Waals surface area contributed by atoms with Crippen LogP contribution in [0.25, 0.3) is 0 Å². The molecule has 1 unspecified atom stereocenters. The van der Waals surface area contributed by atoms with E-state index in [1.807, 2.05) is 13.8 Å². The fourth-order valence-electron chi connectivity index (χ4n) is 1.07. The van der Waals surface area contributed by atoms with Gasteiger partial charge in [-0.3, -0.25) is 0 Å². The molecule has 1 atom stereocenters. The third-order valence-corrected chi connectivity index (χ3v) is 3.96. The van der Waals surface area contributed by atoms with Gasteiger partial charge in [0.1, 0.15) is 0 Å². The first kappa shape index (κ1) is 13.5. The van der Waals surface area contributed by atoms with Crippen molar-refractivity contribution in [2.75, 3.05) is 6.54 Å². The molecule has 0 aliphatic heterocycles. The number of sulfonamides is 1. The third kappa shape index (κ3) is 3.47. The van der Waals surface area contributed by atoms with Gasteiger partial charge < -0.3 is 4.57 Å². The third-order valence-electron chi connectivity index (χ3n) is 2.19. The van der Waals surface area contributed by atoms with Crippen LogP contribution < -0.4 is 4.72 Å². The lowest BCUT2D eigenvalue weighted by Gasteiger charge is -2.07. The first-order valence-electron chi connectivity index (χ1n) is 5.15. The molecule has 1 heterocycles. The van der Waals surface area contributed by atoms with Crippen molar-refractivity contribution in [2.45, 2.75) is 37.2 Å². The molecule has 1 aromatic rings. The molecule has 16 heavy (non-hydrogen) atoms. The maximum Gasteiger partial charge on any atom is 0.259 e. The summed E-state index contributed by atoms with van der Waals surface area (Å²) in [7, 11) is -3.52. The minimum atomic E-state index is -3.52. The highest BCUT2D eigenvalue weighted by Crippen LogP contribution is 2.06. The van der Waals surface area contributed by atoms with E-state index in [9.17, 15) is 8.42 Å². The minimum absolute atomic E-state index is 0.0364. The first-order valence-corrected chi connectivity index (χ1v) is 7.07. The summed E-state index contributed by atoms with van der Waals surface area (Å²) in [5.74, 6) is 0. The highest BCUT2D eigenvalue weighted by molar-refractivity contribution is 7.89. The van der Waals surface area contributed by atoms with Crippen LogP contribution in [0.4, 0.5) is 0 Å². The number of hydrogen-bond acceptors (Lipinski definition) is 3. The molecule has 0 bridgehead atoms. The van der Waals surface area contributed by atoms with Crippen molar-refractivity contribution >= 4 is 21.6 Å². The number of nitrogens with one attached hydrogen (secondary N) is 1. The fourth-order valence-corrected chi connectivity index (χ4v) is 2.27. The molecule has 0 aromatic carbocycles. The Bertz CT molecular complexity index is 430. The van der Waals surface area contributed by atoms with Crippen LogP contribution in [0.15, 0.2) is 17.6 Å². The van der Waals surface area contributed by atoms with Crippen molar-refractivity contribution in [2.24, 2.45) is 0 Å². The molecule has 1 aromatic heterocycles. The number of halogens is 1. The molecular formula is C9H16ClN3O2S.